The maximum absolute atomic E-state index is 11.7. The lowest BCUT2D eigenvalue weighted by molar-refractivity contribution is 0.814. The Morgan fingerprint density at radius 2 is 2.06 bits per heavy atom. The van der Waals surface area contributed by atoms with Gasteiger partial charge in [0.15, 0.2) is 0 Å². The van der Waals surface area contributed by atoms with Gasteiger partial charge < -0.3 is 0 Å². The first-order chi connectivity index (χ1) is 7.49. The molecule has 0 spiro atoms. The van der Waals surface area contributed by atoms with E-state index in [1.54, 1.807) is 17.5 Å². The first-order valence-electron chi connectivity index (χ1n) is 5.12. The van der Waals surface area contributed by atoms with Crippen LogP contribution >= 0.6 is 0 Å². The van der Waals surface area contributed by atoms with Crippen molar-refractivity contribution < 1.29 is 0 Å². The van der Waals surface area contributed by atoms with Gasteiger partial charge in [-0.25, -0.2) is 0 Å². The van der Waals surface area contributed by atoms with Gasteiger partial charge in [0.25, 0.3) is 11.1 Å². The zero-order valence-electron chi connectivity index (χ0n) is 9.44. The van der Waals surface area contributed by atoms with E-state index in [4.69, 9.17) is 0 Å². The van der Waals surface area contributed by atoms with Crippen molar-refractivity contribution in [2.75, 3.05) is 0 Å². The molecule has 2 aromatic heterocycles. The van der Waals surface area contributed by atoms with Crippen LogP contribution in [0, 0.1) is 6.92 Å². The summed E-state index contributed by atoms with van der Waals surface area (Å²) in [6.07, 6.45) is 1.74. The first-order valence-corrected chi connectivity index (χ1v) is 5.12. The van der Waals surface area contributed by atoms with Crippen LogP contribution in [-0.2, 0) is 0 Å². The Kier molecular flexibility index (Phi) is 2.38. The van der Waals surface area contributed by atoms with E-state index in [0.717, 1.165) is 5.69 Å². The highest BCUT2D eigenvalue weighted by Gasteiger charge is 2.08. The average molecular weight is 219 g/mol. The van der Waals surface area contributed by atoms with Crippen molar-refractivity contribution >= 4 is 5.78 Å². The molecule has 0 aliphatic carbocycles. The molecule has 0 amide bonds. The lowest BCUT2D eigenvalue weighted by atomic mass is 10.1. The number of nitrogens with one attached hydrogen (secondary N) is 1. The Morgan fingerprint density at radius 1 is 1.38 bits per heavy atom. The standard InChI is InChI=1S/C11H13N3O2/c1-6(2)8-5-14-7(3)4-9(15)12-11(14)13-10(8)16/h4-6H,1-3H3,(H,12,13,15,16). The maximum Gasteiger partial charge on any atom is 0.277 e. The van der Waals surface area contributed by atoms with Crippen molar-refractivity contribution in [3.8, 4) is 0 Å². The highest BCUT2D eigenvalue weighted by molar-refractivity contribution is 5.31. The molecule has 5 nitrogen and oxygen atoms in total. The number of aromatic nitrogens is 3. The second-order valence-corrected chi connectivity index (χ2v) is 4.12. The summed E-state index contributed by atoms with van der Waals surface area (Å²) in [7, 11) is 0. The Morgan fingerprint density at radius 3 is 2.69 bits per heavy atom. The molecule has 2 rings (SSSR count). The SMILES string of the molecule is Cc1cc(=O)[nH]c2nc(=O)c(C(C)C)cn12. The molecule has 2 heterocycles. The number of aryl methyl sites for hydroxylation is 1. The summed E-state index contributed by atoms with van der Waals surface area (Å²) in [5.74, 6) is 0.405. The van der Waals surface area contributed by atoms with Crippen molar-refractivity contribution in [3.63, 3.8) is 0 Å². The molecule has 0 aromatic carbocycles. The zero-order chi connectivity index (χ0) is 11.9. The summed E-state index contributed by atoms with van der Waals surface area (Å²) in [4.78, 5) is 29.3. The van der Waals surface area contributed by atoms with E-state index in [1.807, 2.05) is 13.8 Å². The molecule has 0 bridgehead atoms. The molecule has 0 aliphatic rings. The molecule has 0 fully saturated rings. The van der Waals surface area contributed by atoms with Gasteiger partial charge >= 0.3 is 0 Å². The summed E-state index contributed by atoms with van der Waals surface area (Å²) in [6.45, 7) is 5.68. The Balaban J connectivity index is 2.90. The second kappa shape index (κ2) is 3.59. The van der Waals surface area contributed by atoms with E-state index < -0.39 is 0 Å². The topological polar surface area (TPSA) is 67.2 Å². The van der Waals surface area contributed by atoms with Crippen molar-refractivity contribution in [1.29, 1.82) is 0 Å². The minimum Gasteiger partial charge on any atom is -0.292 e. The van der Waals surface area contributed by atoms with Gasteiger partial charge in [0.05, 0.1) is 0 Å². The molecular weight excluding hydrogens is 206 g/mol. The van der Waals surface area contributed by atoms with Crippen molar-refractivity contribution in [2.24, 2.45) is 0 Å². The van der Waals surface area contributed by atoms with Crippen LogP contribution in [0.15, 0.2) is 21.9 Å². The van der Waals surface area contributed by atoms with E-state index in [-0.39, 0.29) is 17.0 Å². The van der Waals surface area contributed by atoms with Crippen LogP contribution in [0.5, 0.6) is 0 Å². The quantitative estimate of drug-likeness (QED) is 0.772. The maximum atomic E-state index is 11.7. The summed E-state index contributed by atoms with van der Waals surface area (Å²) < 4.78 is 1.72. The van der Waals surface area contributed by atoms with Gasteiger partial charge in [0.1, 0.15) is 0 Å². The third-order valence-corrected chi connectivity index (χ3v) is 2.53. The van der Waals surface area contributed by atoms with Crippen LogP contribution in [-0.4, -0.2) is 14.4 Å². The van der Waals surface area contributed by atoms with Crippen LogP contribution in [0.25, 0.3) is 5.78 Å². The number of hydrogen-bond acceptors (Lipinski definition) is 3. The van der Waals surface area contributed by atoms with Gasteiger partial charge in [-0.2, -0.15) is 4.98 Å². The highest BCUT2D eigenvalue weighted by atomic mass is 16.1. The zero-order valence-corrected chi connectivity index (χ0v) is 9.44. The number of fused-ring (bicyclic) bond motifs is 1. The molecule has 0 saturated carbocycles. The predicted octanol–water partition coefficient (Wildman–Crippen LogP) is 0.815. The minimum atomic E-state index is -0.281. The minimum absolute atomic E-state index is 0.114. The normalized spacial score (nSPS) is 11.2. The number of rotatable bonds is 1. The second-order valence-electron chi connectivity index (χ2n) is 4.12. The summed E-state index contributed by atoms with van der Waals surface area (Å²) in [5.41, 5.74) is 0.874. The monoisotopic (exact) mass is 219 g/mol. The van der Waals surface area contributed by atoms with Gasteiger partial charge in [-0.3, -0.25) is 19.0 Å². The third kappa shape index (κ3) is 1.64. The fraction of sp³-hybridized carbons (Fsp3) is 0.364. The lowest BCUT2D eigenvalue weighted by Crippen LogP contribution is -2.21. The van der Waals surface area contributed by atoms with Gasteiger partial charge in [0.2, 0.25) is 5.78 Å². The van der Waals surface area contributed by atoms with Crippen molar-refractivity contribution in [2.45, 2.75) is 26.7 Å². The third-order valence-electron chi connectivity index (χ3n) is 2.53. The van der Waals surface area contributed by atoms with E-state index in [0.29, 0.717) is 11.3 Å². The molecule has 1 N–H and O–H groups in total. The van der Waals surface area contributed by atoms with E-state index >= 15 is 0 Å². The van der Waals surface area contributed by atoms with Gasteiger partial charge in [0, 0.05) is 23.5 Å². The Hall–Kier alpha value is -1.91. The lowest BCUT2D eigenvalue weighted by Gasteiger charge is -2.08. The van der Waals surface area contributed by atoms with Gasteiger partial charge in [-0.1, -0.05) is 13.8 Å². The van der Waals surface area contributed by atoms with Crippen LogP contribution in [0.1, 0.15) is 31.0 Å². The largest absolute Gasteiger partial charge is 0.292 e. The Bertz CT molecular complexity index is 652. The average Bonchev–Trinajstić information content (AvgIpc) is 2.15. The number of hydrogen-bond donors (Lipinski definition) is 1. The molecule has 16 heavy (non-hydrogen) atoms. The number of aromatic amines is 1. The van der Waals surface area contributed by atoms with E-state index in [2.05, 4.69) is 9.97 Å². The predicted molar refractivity (Wildman–Crippen MR) is 60.9 cm³/mol. The summed E-state index contributed by atoms with van der Waals surface area (Å²) in [5, 5.41) is 0. The van der Waals surface area contributed by atoms with E-state index in [1.165, 1.54) is 6.07 Å². The van der Waals surface area contributed by atoms with Crippen molar-refractivity contribution in [3.05, 3.63) is 44.2 Å². The summed E-state index contributed by atoms with van der Waals surface area (Å²) >= 11 is 0. The van der Waals surface area contributed by atoms with Crippen LogP contribution in [0.2, 0.25) is 0 Å². The molecule has 0 saturated heterocycles. The molecule has 0 radical (unpaired) electrons. The highest BCUT2D eigenvalue weighted by Crippen LogP contribution is 2.09. The fourth-order valence-corrected chi connectivity index (χ4v) is 1.63. The molecule has 5 heteroatoms. The number of H-pyrrole nitrogens is 1. The van der Waals surface area contributed by atoms with Crippen LogP contribution < -0.4 is 11.1 Å². The first kappa shape index (κ1) is 10.6. The van der Waals surface area contributed by atoms with Crippen molar-refractivity contribution in [1.82, 2.24) is 14.4 Å². The van der Waals surface area contributed by atoms with Crippen LogP contribution in [0.4, 0.5) is 0 Å². The molecule has 0 aliphatic heterocycles. The van der Waals surface area contributed by atoms with Gasteiger partial charge in [-0.15, -0.1) is 0 Å². The number of nitrogens with zero attached hydrogens (tertiary/aromatic N) is 2. The van der Waals surface area contributed by atoms with E-state index in [9.17, 15) is 9.59 Å². The molecule has 84 valence electrons. The van der Waals surface area contributed by atoms with Gasteiger partial charge in [-0.05, 0) is 12.8 Å². The Labute approximate surface area is 91.8 Å². The molecule has 0 unspecified atom stereocenters. The molecular formula is C11H13N3O2. The smallest absolute Gasteiger partial charge is 0.277 e. The molecule has 2 aromatic rings. The van der Waals surface area contributed by atoms with Crippen LogP contribution in [0.3, 0.4) is 0 Å². The summed E-state index contributed by atoms with van der Waals surface area (Å²) in [6, 6.07) is 1.48. The molecule has 0 atom stereocenters. The fourth-order valence-electron chi connectivity index (χ4n) is 1.63.